The molecule has 174 valence electrons. The van der Waals surface area contributed by atoms with Crippen LogP contribution in [0.2, 0.25) is 5.02 Å². The van der Waals surface area contributed by atoms with Crippen LogP contribution in [0.5, 0.6) is 0 Å². The van der Waals surface area contributed by atoms with Crippen LogP contribution in [0, 0.1) is 5.82 Å². The van der Waals surface area contributed by atoms with Gasteiger partial charge in [-0.3, -0.25) is 14.3 Å². The van der Waals surface area contributed by atoms with E-state index in [9.17, 15) is 9.18 Å². The van der Waals surface area contributed by atoms with E-state index in [0.717, 1.165) is 18.7 Å². The highest BCUT2D eigenvalue weighted by Crippen LogP contribution is 2.27. The Morgan fingerprint density at radius 3 is 2.56 bits per heavy atom. The Morgan fingerprint density at radius 2 is 1.82 bits per heavy atom. The van der Waals surface area contributed by atoms with E-state index >= 15 is 0 Å². The second-order valence-corrected chi connectivity index (χ2v) is 8.46. The number of hydrogen-bond donors (Lipinski definition) is 1. The molecule has 34 heavy (non-hydrogen) atoms. The van der Waals surface area contributed by atoms with E-state index in [1.54, 1.807) is 41.4 Å². The number of morpholine rings is 1. The van der Waals surface area contributed by atoms with Crippen LogP contribution in [0.4, 0.5) is 4.39 Å². The first-order chi connectivity index (χ1) is 16.6. The van der Waals surface area contributed by atoms with Crippen molar-refractivity contribution in [2.75, 3.05) is 32.8 Å². The number of hydrogen-bond acceptors (Lipinski definition) is 5. The molecule has 1 N–H and O–H groups in total. The molecule has 3 heterocycles. The van der Waals surface area contributed by atoms with E-state index in [0.29, 0.717) is 36.2 Å². The number of nitrogens with zero attached hydrogens (tertiary/aromatic N) is 4. The Bertz CT molecular complexity index is 1290. The molecule has 1 atom stereocenters. The van der Waals surface area contributed by atoms with Crippen molar-refractivity contribution in [3.63, 3.8) is 0 Å². The number of amides is 1. The number of ether oxygens (including phenoxy) is 1. The van der Waals surface area contributed by atoms with Gasteiger partial charge in [0.05, 0.1) is 30.3 Å². The minimum absolute atomic E-state index is 0.0687. The molecule has 0 bridgehead atoms. The maximum Gasteiger partial charge on any atom is 0.253 e. The summed E-state index contributed by atoms with van der Waals surface area (Å²) < 4.78 is 22.0. The van der Waals surface area contributed by atoms with E-state index in [-0.39, 0.29) is 22.9 Å². The smallest absolute Gasteiger partial charge is 0.253 e. The summed E-state index contributed by atoms with van der Waals surface area (Å²) in [5.41, 5.74) is 1.80. The summed E-state index contributed by atoms with van der Waals surface area (Å²) in [4.78, 5) is 24.1. The van der Waals surface area contributed by atoms with Gasteiger partial charge in [0, 0.05) is 48.6 Å². The highest BCUT2D eigenvalue weighted by Gasteiger charge is 2.25. The number of nitrogens with one attached hydrogen (secondary N) is 1. The van der Waals surface area contributed by atoms with Gasteiger partial charge in [-0.25, -0.2) is 14.4 Å². The molecule has 1 saturated heterocycles. The number of carbonyl (C=O) groups is 1. The number of halogens is 2. The van der Waals surface area contributed by atoms with E-state index in [1.165, 1.54) is 6.07 Å². The molecule has 0 spiro atoms. The number of carbonyl (C=O) groups excluding carboxylic acids is 1. The van der Waals surface area contributed by atoms with Gasteiger partial charge in [-0.15, -0.1) is 0 Å². The first-order valence-electron chi connectivity index (χ1n) is 11.0. The standard InChI is InChI=1S/C25H23ClFN5O2/c26-18-7-5-17(6-8-18)22(31-11-13-34-14-12-31)15-30-24(33)19-16-32(25-28-9-2-10-29-25)21-4-1-3-20(27)23(19)21/h1-10,16,22H,11-15H2,(H,30,33). The van der Waals surface area contributed by atoms with Crippen LogP contribution < -0.4 is 5.32 Å². The van der Waals surface area contributed by atoms with Gasteiger partial charge >= 0.3 is 0 Å². The van der Waals surface area contributed by atoms with Crippen LogP contribution in [0.3, 0.4) is 0 Å². The van der Waals surface area contributed by atoms with Crippen LogP contribution in [0.25, 0.3) is 16.9 Å². The van der Waals surface area contributed by atoms with Gasteiger partial charge in [0.25, 0.3) is 5.91 Å². The first kappa shape index (κ1) is 22.5. The molecule has 4 aromatic rings. The van der Waals surface area contributed by atoms with Crippen molar-refractivity contribution in [3.05, 3.63) is 89.1 Å². The molecule has 9 heteroatoms. The third-order valence-electron chi connectivity index (χ3n) is 5.99. The number of benzene rings is 2. The number of fused-ring (bicyclic) bond motifs is 1. The van der Waals surface area contributed by atoms with Crippen LogP contribution in [0.15, 0.2) is 67.1 Å². The Kier molecular flexibility index (Phi) is 6.53. The zero-order valence-electron chi connectivity index (χ0n) is 18.3. The lowest BCUT2D eigenvalue weighted by molar-refractivity contribution is 0.0162. The minimum atomic E-state index is -0.472. The predicted molar refractivity (Wildman–Crippen MR) is 128 cm³/mol. The van der Waals surface area contributed by atoms with Crippen LogP contribution in [-0.4, -0.2) is 58.2 Å². The third-order valence-corrected chi connectivity index (χ3v) is 6.24. The van der Waals surface area contributed by atoms with Crippen molar-refractivity contribution < 1.29 is 13.9 Å². The Hall–Kier alpha value is -3.33. The third kappa shape index (κ3) is 4.52. The van der Waals surface area contributed by atoms with Gasteiger partial charge in [0.15, 0.2) is 0 Å². The van der Waals surface area contributed by atoms with E-state index < -0.39 is 5.82 Å². The fraction of sp³-hybridized carbons (Fsp3) is 0.240. The quantitative estimate of drug-likeness (QED) is 0.452. The van der Waals surface area contributed by atoms with Crippen LogP contribution >= 0.6 is 11.6 Å². The molecule has 1 amide bonds. The Balaban J connectivity index is 1.45. The van der Waals surface area contributed by atoms with Crippen LogP contribution in [0.1, 0.15) is 22.0 Å². The van der Waals surface area contributed by atoms with E-state index in [1.807, 2.05) is 24.3 Å². The fourth-order valence-electron chi connectivity index (χ4n) is 4.31. The molecule has 2 aromatic carbocycles. The SMILES string of the molecule is O=C(NCC(c1ccc(Cl)cc1)N1CCOCC1)c1cn(-c2ncccn2)c2cccc(F)c12. The molecule has 1 aliphatic heterocycles. The number of rotatable bonds is 6. The summed E-state index contributed by atoms with van der Waals surface area (Å²) in [6.07, 6.45) is 4.79. The number of aromatic nitrogens is 3. The van der Waals surface area contributed by atoms with Gasteiger partial charge in [-0.1, -0.05) is 29.8 Å². The van der Waals surface area contributed by atoms with Crippen LogP contribution in [-0.2, 0) is 4.74 Å². The molecule has 1 aliphatic rings. The molecule has 0 aliphatic carbocycles. The average Bonchev–Trinajstić information content (AvgIpc) is 3.27. The summed E-state index contributed by atoms with van der Waals surface area (Å²) in [7, 11) is 0. The molecule has 1 unspecified atom stereocenters. The maximum atomic E-state index is 14.9. The van der Waals surface area contributed by atoms with Crippen molar-refractivity contribution >= 4 is 28.4 Å². The zero-order chi connectivity index (χ0) is 23.5. The molecule has 7 nitrogen and oxygen atoms in total. The van der Waals surface area contributed by atoms with E-state index in [4.69, 9.17) is 16.3 Å². The normalized spacial score (nSPS) is 15.4. The Morgan fingerprint density at radius 1 is 1.09 bits per heavy atom. The molecular formula is C25H23ClFN5O2. The highest BCUT2D eigenvalue weighted by atomic mass is 35.5. The zero-order valence-corrected chi connectivity index (χ0v) is 19.1. The summed E-state index contributed by atoms with van der Waals surface area (Å²) >= 11 is 6.08. The molecule has 0 saturated carbocycles. The van der Waals surface area contributed by atoms with Gasteiger partial charge < -0.3 is 10.1 Å². The van der Waals surface area contributed by atoms with Crippen molar-refractivity contribution in [1.82, 2.24) is 24.8 Å². The molecular weight excluding hydrogens is 457 g/mol. The van der Waals surface area contributed by atoms with Crippen molar-refractivity contribution in [3.8, 4) is 5.95 Å². The first-order valence-corrected chi connectivity index (χ1v) is 11.4. The monoisotopic (exact) mass is 479 g/mol. The molecule has 1 fully saturated rings. The summed E-state index contributed by atoms with van der Waals surface area (Å²) in [5, 5.41) is 3.91. The fourth-order valence-corrected chi connectivity index (χ4v) is 4.44. The van der Waals surface area contributed by atoms with E-state index in [2.05, 4.69) is 20.2 Å². The van der Waals surface area contributed by atoms with Gasteiger partial charge in [0.1, 0.15) is 5.82 Å². The van der Waals surface area contributed by atoms with Gasteiger partial charge in [-0.05, 0) is 35.9 Å². The minimum Gasteiger partial charge on any atom is -0.379 e. The highest BCUT2D eigenvalue weighted by molar-refractivity contribution is 6.30. The summed E-state index contributed by atoms with van der Waals surface area (Å²) in [5.74, 6) is -0.471. The van der Waals surface area contributed by atoms with Gasteiger partial charge in [-0.2, -0.15) is 0 Å². The molecule has 0 radical (unpaired) electrons. The van der Waals surface area contributed by atoms with Crippen molar-refractivity contribution in [2.45, 2.75) is 6.04 Å². The second kappa shape index (κ2) is 9.89. The largest absolute Gasteiger partial charge is 0.379 e. The lowest BCUT2D eigenvalue weighted by Gasteiger charge is -2.35. The molecule has 2 aromatic heterocycles. The molecule has 5 rings (SSSR count). The topological polar surface area (TPSA) is 72.3 Å². The Labute approximate surface area is 201 Å². The maximum absolute atomic E-state index is 14.9. The van der Waals surface area contributed by atoms with Gasteiger partial charge in [0.2, 0.25) is 5.95 Å². The van der Waals surface area contributed by atoms with Crippen molar-refractivity contribution in [2.24, 2.45) is 0 Å². The second-order valence-electron chi connectivity index (χ2n) is 8.02. The lowest BCUT2D eigenvalue weighted by Crippen LogP contribution is -2.43. The summed E-state index contributed by atoms with van der Waals surface area (Å²) in [6, 6.07) is 13.9. The average molecular weight is 480 g/mol. The lowest BCUT2D eigenvalue weighted by atomic mass is 10.0. The summed E-state index contributed by atoms with van der Waals surface area (Å²) in [6.45, 7) is 3.12. The van der Waals surface area contributed by atoms with Crippen molar-refractivity contribution in [1.29, 1.82) is 0 Å². The predicted octanol–water partition coefficient (Wildman–Crippen LogP) is 4.02.